The molecule has 2 aliphatic heterocycles. The number of hydrogen-bond acceptors (Lipinski definition) is 3. The van der Waals surface area contributed by atoms with Crippen LogP contribution in [0.5, 0.6) is 0 Å². The van der Waals surface area contributed by atoms with Crippen LogP contribution in [0, 0.1) is 12.3 Å². The summed E-state index contributed by atoms with van der Waals surface area (Å²) < 4.78 is 2.03. The molecule has 3 aliphatic rings. The lowest BCUT2D eigenvalue weighted by molar-refractivity contribution is 0.0576. The van der Waals surface area contributed by atoms with Crippen LogP contribution in [-0.4, -0.2) is 56.8 Å². The van der Waals surface area contributed by atoms with Gasteiger partial charge < -0.3 is 14.2 Å². The van der Waals surface area contributed by atoms with E-state index in [0.717, 1.165) is 30.7 Å². The van der Waals surface area contributed by atoms with Crippen molar-refractivity contribution < 1.29 is 4.79 Å². The van der Waals surface area contributed by atoms with Crippen molar-refractivity contribution in [2.75, 3.05) is 13.6 Å². The lowest BCUT2D eigenvalue weighted by atomic mass is 9.71. The molecule has 0 unspecified atom stereocenters. The summed E-state index contributed by atoms with van der Waals surface area (Å²) in [5.41, 5.74) is 2.78. The lowest BCUT2D eigenvalue weighted by Crippen LogP contribution is -2.51. The van der Waals surface area contributed by atoms with Crippen molar-refractivity contribution in [2.45, 2.75) is 64.1 Å². The second-order valence-corrected chi connectivity index (χ2v) is 8.85. The summed E-state index contributed by atoms with van der Waals surface area (Å²) in [7, 11) is 2.25. The van der Waals surface area contributed by atoms with Gasteiger partial charge in [-0.1, -0.05) is 25.8 Å². The van der Waals surface area contributed by atoms with Gasteiger partial charge in [0.05, 0.1) is 0 Å². The summed E-state index contributed by atoms with van der Waals surface area (Å²) in [6, 6.07) is 7.31. The Bertz CT molecular complexity index is 874. The third kappa shape index (κ3) is 2.13. The maximum absolute atomic E-state index is 13.6. The number of carbonyl (C=O) groups is 1. The molecule has 1 aliphatic carbocycles. The maximum atomic E-state index is 13.6. The molecule has 138 valence electrons. The van der Waals surface area contributed by atoms with E-state index in [2.05, 4.69) is 41.7 Å². The summed E-state index contributed by atoms with van der Waals surface area (Å²) in [6.07, 6.45) is 7.98. The molecular formula is C21H28N4O. The van der Waals surface area contributed by atoms with Gasteiger partial charge in [0.1, 0.15) is 11.3 Å². The van der Waals surface area contributed by atoms with E-state index in [-0.39, 0.29) is 11.3 Å². The average Bonchev–Trinajstić information content (AvgIpc) is 3.08. The van der Waals surface area contributed by atoms with Crippen molar-refractivity contribution in [2.24, 2.45) is 5.41 Å². The first-order valence-corrected chi connectivity index (χ1v) is 9.96. The van der Waals surface area contributed by atoms with E-state index in [1.54, 1.807) is 0 Å². The molecule has 0 N–H and O–H groups in total. The van der Waals surface area contributed by atoms with E-state index < -0.39 is 0 Å². The zero-order chi connectivity index (χ0) is 18.1. The van der Waals surface area contributed by atoms with Crippen molar-refractivity contribution in [3.05, 3.63) is 35.8 Å². The van der Waals surface area contributed by atoms with Gasteiger partial charge in [0.25, 0.3) is 5.91 Å². The van der Waals surface area contributed by atoms with E-state index in [1.807, 2.05) is 22.7 Å². The number of aryl methyl sites for hydroxylation is 1. The first-order chi connectivity index (χ1) is 12.5. The zero-order valence-corrected chi connectivity index (χ0v) is 16.0. The molecule has 0 aromatic carbocycles. The van der Waals surface area contributed by atoms with Crippen LogP contribution in [-0.2, 0) is 0 Å². The van der Waals surface area contributed by atoms with Crippen LogP contribution in [0.2, 0.25) is 0 Å². The van der Waals surface area contributed by atoms with Gasteiger partial charge >= 0.3 is 0 Å². The minimum atomic E-state index is 0.128. The predicted octanol–water partition coefficient (Wildman–Crippen LogP) is 3.12. The van der Waals surface area contributed by atoms with Crippen LogP contribution < -0.4 is 0 Å². The Hall–Kier alpha value is -1.88. The molecule has 5 heteroatoms. The molecule has 2 bridgehead atoms. The highest BCUT2D eigenvalue weighted by Gasteiger charge is 2.59. The van der Waals surface area contributed by atoms with Crippen molar-refractivity contribution in [3.8, 4) is 0 Å². The quantitative estimate of drug-likeness (QED) is 0.792. The van der Waals surface area contributed by atoms with Crippen molar-refractivity contribution in [1.29, 1.82) is 0 Å². The number of carbonyl (C=O) groups excluding carboxylic acids is 1. The number of likely N-dealkylation sites (tertiary alicyclic amines) is 2. The van der Waals surface area contributed by atoms with Gasteiger partial charge in [-0.25, -0.2) is 4.98 Å². The molecular weight excluding hydrogens is 324 g/mol. The number of likely N-dealkylation sites (N-methyl/N-ethyl adjacent to an activating group) is 1. The highest BCUT2D eigenvalue weighted by molar-refractivity contribution is 5.93. The third-order valence-electron chi connectivity index (χ3n) is 7.31. The number of pyridine rings is 1. The number of fused-ring (bicyclic) bond motifs is 2. The fraction of sp³-hybridized carbons (Fsp3) is 0.619. The summed E-state index contributed by atoms with van der Waals surface area (Å²) in [5, 5.41) is 0. The molecule has 4 atom stereocenters. The lowest BCUT2D eigenvalue weighted by Gasteiger charge is -2.44. The van der Waals surface area contributed by atoms with Crippen molar-refractivity contribution >= 4 is 11.6 Å². The molecule has 1 amide bonds. The molecule has 0 radical (unpaired) electrons. The molecule has 2 aromatic rings. The van der Waals surface area contributed by atoms with Crippen LogP contribution in [0.15, 0.2) is 24.4 Å². The highest BCUT2D eigenvalue weighted by Crippen LogP contribution is 2.53. The van der Waals surface area contributed by atoms with Crippen LogP contribution in [0.4, 0.5) is 0 Å². The first-order valence-electron chi connectivity index (χ1n) is 9.96. The van der Waals surface area contributed by atoms with Crippen LogP contribution >= 0.6 is 0 Å². The predicted molar refractivity (Wildman–Crippen MR) is 101 cm³/mol. The van der Waals surface area contributed by atoms with Crippen LogP contribution in [0.25, 0.3) is 5.65 Å². The molecule has 5 rings (SSSR count). The largest absolute Gasteiger partial charge is 0.329 e. The smallest absolute Gasteiger partial charge is 0.274 e. The van der Waals surface area contributed by atoms with Gasteiger partial charge in [-0.2, -0.15) is 0 Å². The second-order valence-electron chi connectivity index (χ2n) is 8.85. The van der Waals surface area contributed by atoms with Gasteiger partial charge in [-0.15, -0.1) is 0 Å². The fourth-order valence-corrected chi connectivity index (χ4v) is 6.17. The van der Waals surface area contributed by atoms with Crippen LogP contribution in [0.1, 0.15) is 55.2 Å². The molecule has 26 heavy (non-hydrogen) atoms. The number of amides is 1. The van der Waals surface area contributed by atoms with E-state index in [9.17, 15) is 4.79 Å². The Balaban J connectivity index is 1.56. The van der Waals surface area contributed by atoms with E-state index in [0.29, 0.717) is 23.8 Å². The van der Waals surface area contributed by atoms with E-state index in [4.69, 9.17) is 0 Å². The number of nitrogens with zero attached hydrogens (tertiary/aromatic N) is 4. The van der Waals surface area contributed by atoms with Crippen molar-refractivity contribution in [3.63, 3.8) is 0 Å². The van der Waals surface area contributed by atoms with E-state index >= 15 is 0 Å². The summed E-state index contributed by atoms with van der Waals surface area (Å²) in [6.45, 7) is 5.48. The average molecular weight is 352 g/mol. The Morgan fingerprint density at radius 3 is 2.77 bits per heavy atom. The number of hydrogen-bond donors (Lipinski definition) is 0. The van der Waals surface area contributed by atoms with Gasteiger partial charge in [0, 0.05) is 42.0 Å². The molecule has 4 heterocycles. The fourth-order valence-electron chi connectivity index (χ4n) is 6.17. The number of aromatic nitrogens is 2. The van der Waals surface area contributed by atoms with Gasteiger partial charge in [0.2, 0.25) is 0 Å². The van der Waals surface area contributed by atoms with Gasteiger partial charge in [-0.3, -0.25) is 4.79 Å². The summed E-state index contributed by atoms with van der Waals surface area (Å²) >= 11 is 0. The monoisotopic (exact) mass is 352 g/mol. The first kappa shape index (κ1) is 16.3. The topological polar surface area (TPSA) is 40.9 Å². The zero-order valence-electron chi connectivity index (χ0n) is 16.0. The number of piperidine rings is 1. The second kappa shape index (κ2) is 5.56. The molecule has 2 saturated heterocycles. The summed E-state index contributed by atoms with van der Waals surface area (Å²) in [4.78, 5) is 23.0. The minimum absolute atomic E-state index is 0.128. The molecule has 5 nitrogen and oxygen atoms in total. The SMILES string of the molecule is Cc1cccc2nc(C(=O)N3[C@@H]4CN(C)[C@@H]5CCCC[C@H]3[C@]5(C)C4)cn12. The van der Waals surface area contributed by atoms with Gasteiger partial charge in [0.15, 0.2) is 0 Å². The van der Waals surface area contributed by atoms with Gasteiger partial charge in [-0.05, 0) is 45.4 Å². The Morgan fingerprint density at radius 2 is 2.00 bits per heavy atom. The molecule has 2 aromatic heterocycles. The Labute approximate surface area is 155 Å². The van der Waals surface area contributed by atoms with Crippen LogP contribution in [0.3, 0.4) is 0 Å². The standard InChI is InChI=1S/C21H28N4O/c1-14-7-6-10-19-22-16(13-24(14)19)20(26)25-15-11-21(2)17(23(3)12-15)8-4-5-9-18(21)25/h6-7,10,13,15,17-18H,4-5,8-9,11-12H2,1-3H3/t15-,17+,18-,21+/m0/s1. The number of imidazole rings is 1. The molecule has 1 saturated carbocycles. The molecule has 3 fully saturated rings. The Kier molecular flexibility index (Phi) is 3.48. The van der Waals surface area contributed by atoms with Crippen molar-refractivity contribution in [1.82, 2.24) is 19.2 Å². The summed E-state index contributed by atoms with van der Waals surface area (Å²) in [5.74, 6) is 0.128. The van der Waals surface area contributed by atoms with E-state index in [1.165, 1.54) is 19.3 Å². The maximum Gasteiger partial charge on any atom is 0.274 e. The highest BCUT2D eigenvalue weighted by atomic mass is 16.2. The minimum Gasteiger partial charge on any atom is -0.329 e. The normalized spacial score (nSPS) is 34.3. The number of rotatable bonds is 1. The molecule has 0 spiro atoms. The Morgan fingerprint density at radius 1 is 1.23 bits per heavy atom. The third-order valence-corrected chi connectivity index (χ3v) is 7.31.